The third-order valence-electron chi connectivity index (χ3n) is 3.13. The number of thiophene rings is 1. The van der Waals surface area contributed by atoms with Crippen LogP contribution in [0.1, 0.15) is 16.1 Å². The van der Waals surface area contributed by atoms with E-state index in [-0.39, 0.29) is 5.76 Å². The van der Waals surface area contributed by atoms with Crippen molar-refractivity contribution in [3.8, 4) is 16.5 Å². The van der Waals surface area contributed by atoms with E-state index in [1.54, 1.807) is 6.07 Å². The Morgan fingerprint density at radius 3 is 2.62 bits per heavy atom. The van der Waals surface area contributed by atoms with Gasteiger partial charge in [-0.05, 0) is 17.7 Å². The highest BCUT2D eigenvalue weighted by atomic mass is 32.1. The van der Waals surface area contributed by atoms with Crippen molar-refractivity contribution >= 4 is 28.1 Å². The van der Waals surface area contributed by atoms with E-state index in [4.69, 9.17) is 4.42 Å². The average molecular weight is 339 g/mol. The van der Waals surface area contributed by atoms with Gasteiger partial charge in [0.05, 0.1) is 11.6 Å². The molecule has 0 atom stereocenters. The van der Waals surface area contributed by atoms with Crippen molar-refractivity contribution in [3.05, 3.63) is 70.0 Å². The lowest BCUT2D eigenvalue weighted by molar-refractivity contribution is -0.402. The molecule has 24 heavy (non-hydrogen) atoms. The lowest BCUT2D eigenvalue weighted by Crippen LogP contribution is -2.10. The van der Waals surface area contributed by atoms with Crippen LogP contribution >= 0.6 is 11.3 Å². The number of hydrogen-bond acceptors (Lipinski definition) is 6. The SMILES string of the molecule is N#Cc1cc(-c2ccccc2)sc1NC(=O)c1ccc([N+](=O)[O-])o1. The van der Waals surface area contributed by atoms with Gasteiger partial charge in [-0.25, -0.2) is 0 Å². The summed E-state index contributed by atoms with van der Waals surface area (Å²) in [4.78, 5) is 22.8. The van der Waals surface area contributed by atoms with E-state index in [2.05, 4.69) is 5.32 Å². The van der Waals surface area contributed by atoms with Crippen LogP contribution < -0.4 is 5.32 Å². The van der Waals surface area contributed by atoms with Crippen LogP contribution in [0.3, 0.4) is 0 Å². The van der Waals surface area contributed by atoms with E-state index >= 15 is 0 Å². The molecule has 118 valence electrons. The third-order valence-corrected chi connectivity index (χ3v) is 4.23. The van der Waals surface area contributed by atoms with Crippen LogP contribution in [0, 0.1) is 21.4 Å². The molecule has 0 unspecified atom stereocenters. The molecule has 0 aliphatic carbocycles. The normalized spacial score (nSPS) is 10.1. The van der Waals surface area contributed by atoms with Crippen LogP contribution in [-0.2, 0) is 0 Å². The molecule has 8 heteroatoms. The highest BCUT2D eigenvalue weighted by Crippen LogP contribution is 2.35. The topological polar surface area (TPSA) is 109 Å². The minimum Gasteiger partial charge on any atom is -0.395 e. The Morgan fingerprint density at radius 2 is 2.00 bits per heavy atom. The van der Waals surface area contributed by atoms with Crippen molar-refractivity contribution < 1.29 is 14.1 Å². The number of anilines is 1. The summed E-state index contributed by atoms with van der Waals surface area (Å²) in [5.74, 6) is -1.36. The third kappa shape index (κ3) is 3.02. The van der Waals surface area contributed by atoms with Crippen LogP contribution in [-0.4, -0.2) is 10.8 Å². The van der Waals surface area contributed by atoms with Crippen LogP contribution in [0.15, 0.2) is 52.9 Å². The summed E-state index contributed by atoms with van der Waals surface area (Å²) >= 11 is 1.24. The number of furan rings is 1. The second-order valence-electron chi connectivity index (χ2n) is 4.68. The van der Waals surface area contributed by atoms with Crippen LogP contribution in [0.4, 0.5) is 10.9 Å². The van der Waals surface area contributed by atoms with Crippen molar-refractivity contribution in [3.63, 3.8) is 0 Å². The van der Waals surface area contributed by atoms with Gasteiger partial charge in [-0.2, -0.15) is 5.26 Å². The van der Waals surface area contributed by atoms with E-state index in [1.165, 1.54) is 17.4 Å². The van der Waals surface area contributed by atoms with Gasteiger partial charge in [0, 0.05) is 4.88 Å². The molecule has 1 amide bonds. The maximum Gasteiger partial charge on any atom is 0.433 e. The van der Waals surface area contributed by atoms with Crippen LogP contribution in [0.25, 0.3) is 10.4 Å². The molecule has 0 fully saturated rings. The predicted molar refractivity (Wildman–Crippen MR) is 87.8 cm³/mol. The van der Waals surface area contributed by atoms with Crippen LogP contribution in [0.5, 0.6) is 0 Å². The number of carbonyl (C=O) groups is 1. The zero-order chi connectivity index (χ0) is 17.1. The maximum absolute atomic E-state index is 12.1. The summed E-state index contributed by atoms with van der Waals surface area (Å²) in [6.07, 6.45) is 0. The zero-order valence-corrected chi connectivity index (χ0v) is 12.9. The first kappa shape index (κ1) is 15.5. The second-order valence-corrected chi connectivity index (χ2v) is 5.73. The summed E-state index contributed by atoms with van der Waals surface area (Å²) in [6, 6.07) is 15.4. The largest absolute Gasteiger partial charge is 0.433 e. The quantitative estimate of drug-likeness (QED) is 0.570. The number of amides is 1. The van der Waals surface area contributed by atoms with Gasteiger partial charge in [0.1, 0.15) is 16.0 Å². The molecule has 1 aromatic carbocycles. The molecule has 3 aromatic rings. The summed E-state index contributed by atoms with van der Waals surface area (Å²) < 4.78 is 4.85. The summed E-state index contributed by atoms with van der Waals surface area (Å²) in [5.41, 5.74) is 1.24. The fourth-order valence-corrected chi connectivity index (χ4v) is 3.03. The molecular formula is C16H9N3O4S. The second kappa shape index (κ2) is 6.36. The fourth-order valence-electron chi connectivity index (χ4n) is 2.02. The molecular weight excluding hydrogens is 330 g/mol. The lowest BCUT2D eigenvalue weighted by Gasteiger charge is -1.99. The monoisotopic (exact) mass is 339 g/mol. The Kier molecular flexibility index (Phi) is 4.09. The molecule has 0 aliphatic rings. The standard InChI is InChI=1S/C16H9N3O4S/c17-9-11-8-13(10-4-2-1-3-5-10)24-16(11)18-15(20)12-6-7-14(23-12)19(21)22/h1-8H,(H,18,20). The van der Waals surface area contributed by atoms with Gasteiger partial charge in [0.2, 0.25) is 0 Å². The van der Waals surface area contributed by atoms with E-state index in [9.17, 15) is 20.2 Å². The Labute approximate surface area is 139 Å². The fraction of sp³-hybridized carbons (Fsp3) is 0. The van der Waals surface area contributed by atoms with Gasteiger partial charge in [0.25, 0.3) is 5.91 Å². The average Bonchev–Trinajstić information content (AvgIpc) is 3.22. The number of nitro groups is 1. The molecule has 2 heterocycles. The van der Waals surface area contributed by atoms with Crippen molar-refractivity contribution in [2.75, 3.05) is 5.32 Å². The van der Waals surface area contributed by atoms with Crippen molar-refractivity contribution in [2.45, 2.75) is 0 Å². The first-order chi connectivity index (χ1) is 11.6. The van der Waals surface area contributed by atoms with Gasteiger partial charge in [0.15, 0.2) is 5.76 Å². The van der Waals surface area contributed by atoms with Gasteiger partial charge in [-0.3, -0.25) is 14.9 Å². The van der Waals surface area contributed by atoms with E-state index in [1.807, 2.05) is 36.4 Å². The lowest BCUT2D eigenvalue weighted by atomic mass is 10.2. The smallest absolute Gasteiger partial charge is 0.395 e. The molecule has 0 aliphatic heterocycles. The Morgan fingerprint density at radius 1 is 1.25 bits per heavy atom. The molecule has 0 bridgehead atoms. The highest BCUT2D eigenvalue weighted by Gasteiger charge is 2.19. The Balaban J connectivity index is 1.86. The number of rotatable bonds is 4. The molecule has 0 saturated heterocycles. The minimum atomic E-state index is -0.726. The predicted octanol–water partition coefficient (Wildman–Crippen LogP) is 4.04. The number of carbonyl (C=O) groups excluding carboxylic acids is 1. The molecule has 3 rings (SSSR count). The molecule has 0 spiro atoms. The number of nitrogens with one attached hydrogen (secondary N) is 1. The Hall–Kier alpha value is -3.44. The first-order valence-corrected chi connectivity index (χ1v) is 7.55. The van der Waals surface area contributed by atoms with Crippen molar-refractivity contribution in [1.82, 2.24) is 0 Å². The van der Waals surface area contributed by atoms with Crippen LogP contribution in [0.2, 0.25) is 0 Å². The van der Waals surface area contributed by atoms with E-state index in [0.717, 1.165) is 16.5 Å². The first-order valence-electron chi connectivity index (χ1n) is 6.73. The molecule has 1 N–H and O–H groups in total. The summed E-state index contributed by atoms with van der Waals surface area (Å²) in [7, 11) is 0. The number of benzene rings is 1. The van der Waals surface area contributed by atoms with Gasteiger partial charge >= 0.3 is 5.88 Å². The van der Waals surface area contributed by atoms with E-state index in [0.29, 0.717) is 10.6 Å². The Bertz CT molecular complexity index is 953. The molecule has 2 aromatic heterocycles. The molecule has 7 nitrogen and oxygen atoms in total. The highest BCUT2D eigenvalue weighted by molar-refractivity contribution is 7.19. The van der Waals surface area contributed by atoms with Crippen molar-refractivity contribution in [1.29, 1.82) is 5.26 Å². The summed E-state index contributed by atoms with van der Waals surface area (Å²) in [6.45, 7) is 0. The van der Waals surface area contributed by atoms with E-state index < -0.39 is 16.7 Å². The van der Waals surface area contributed by atoms with Gasteiger partial charge in [-0.1, -0.05) is 30.3 Å². The number of nitrogens with zero attached hydrogens (tertiary/aromatic N) is 2. The van der Waals surface area contributed by atoms with Gasteiger partial charge in [-0.15, -0.1) is 11.3 Å². The zero-order valence-electron chi connectivity index (χ0n) is 12.1. The maximum atomic E-state index is 12.1. The molecule has 0 saturated carbocycles. The van der Waals surface area contributed by atoms with Gasteiger partial charge < -0.3 is 9.73 Å². The van der Waals surface area contributed by atoms with Crippen molar-refractivity contribution in [2.24, 2.45) is 0 Å². The number of hydrogen-bond donors (Lipinski definition) is 1. The summed E-state index contributed by atoms with van der Waals surface area (Å²) in [5, 5.41) is 22.7. The number of nitriles is 1. The molecule has 0 radical (unpaired) electrons. The minimum absolute atomic E-state index is 0.194.